The molecule has 5 heteroatoms. The molecule has 1 amide bonds. The molecule has 2 nitrogen and oxygen atoms in total. The zero-order chi connectivity index (χ0) is 11.4. The number of carbonyl (C=O) groups excluding carboxylic acids is 1. The van der Waals surface area contributed by atoms with Gasteiger partial charge in [0.25, 0.3) is 5.91 Å². The van der Waals surface area contributed by atoms with Crippen LogP contribution in [-0.2, 0) is 0 Å². The highest BCUT2D eigenvalue weighted by Gasteiger charge is 2.19. The fourth-order valence-electron chi connectivity index (χ4n) is 1.22. The van der Waals surface area contributed by atoms with Crippen LogP contribution in [0.2, 0.25) is 5.02 Å². The van der Waals surface area contributed by atoms with Crippen molar-refractivity contribution in [1.29, 1.82) is 0 Å². The number of carbonyl (C=O) groups is 1. The maximum atomic E-state index is 12.0. The monoisotopic (exact) mass is 309 g/mol. The van der Waals surface area contributed by atoms with Crippen LogP contribution in [0.5, 0.6) is 0 Å². The van der Waals surface area contributed by atoms with E-state index < -0.39 is 0 Å². The number of alkyl halides is 1. The fourth-order valence-corrected chi connectivity index (χ4v) is 2.89. The van der Waals surface area contributed by atoms with Gasteiger partial charge in [0.15, 0.2) is 0 Å². The quantitative estimate of drug-likeness (QED) is 0.779. The van der Waals surface area contributed by atoms with Gasteiger partial charge in [-0.2, -0.15) is 0 Å². The standard InChI is InChI=1S/C10H13BrClNOS/c1-3-13(5-4-11)10(14)9-8(12)7(2)6-15-9/h6H,3-5H2,1-2H3. The van der Waals surface area contributed by atoms with E-state index in [9.17, 15) is 4.79 Å². The van der Waals surface area contributed by atoms with Crippen molar-refractivity contribution in [3.05, 3.63) is 20.8 Å². The molecule has 1 aromatic heterocycles. The summed E-state index contributed by atoms with van der Waals surface area (Å²) in [5.74, 6) is 0.0278. The first-order valence-electron chi connectivity index (χ1n) is 4.70. The summed E-state index contributed by atoms with van der Waals surface area (Å²) in [6, 6.07) is 0. The van der Waals surface area contributed by atoms with Crippen LogP contribution in [0.4, 0.5) is 0 Å². The summed E-state index contributed by atoms with van der Waals surface area (Å²) in [6.45, 7) is 5.30. The zero-order valence-electron chi connectivity index (χ0n) is 8.72. The molecule has 84 valence electrons. The Bertz CT molecular complexity index is 353. The number of rotatable bonds is 4. The molecule has 1 heterocycles. The molecule has 0 aliphatic rings. The van der Waals surface area contributed by atoms with Crippen molar-refractivity contribution < 1.29 is 4.79 Å². The Labute approximate surface area is 107 Å². The van der Waals surface area contributed by atoms with E-state index in [1.807, 2.05) is 19.2 Å². The third-order valence-corrected chi connectivity index (χ3v) is 4.16. The lowest BCUT2D eigenvalue weighted by atomic mass is 10.3. The molecule has 0 fully saturated rings. The van der Waals surface area contributed by atoms with Gasteiger partial charge in [-0.1, -0.05) is 27.5 Å². The normalized spacial score (nSPS) is 10.4. The first-order chi connectivity index (χ1) is 7.11. The Morgan fingerprint density at radius 3 is 2.73 bits per heavy atom. The Kier molecular flexibility index (Phi) is 5.09. The van der Waals surface area contributed by atoms with Gasteiger partial charge in [-0.25, -0.2) is 0 Å². The Morgan fingerprint density at radius 1 is 1.67 bits per heavy atom. The average molecular weight is 311 g/mol. The van der Waals surface area contributed by atoms with Crippen molar-refractivity contribution in [2.75, 3.05) is 18.4 Å². The molecular weight excluding hydrogens is 298 g/mol. The van der Waals surface area contributed by atoms with Crippen molar-refractivity contribution in [2.45, 2.75) is 13.8 Å². The first kappa shape index (κ1) is 13.0. The minimum atomic E-state index is 0.0278. The first-order valence-corrected chi connectivity index (χ1v) is 7.08. The van der Waals surface area contributed by atoms with E-state index in [0.717, 1.165) is 10.9 Å². The van der Waals surface area contributed by atoms with Crippen LogP contribution in [-0.4, -0.2) is 29.2 Å². The summed E-state index contributed by atoms with van der Waals surface area (Å²) in [5, 5.41) is 3.30. The average Bonchev–Trinajstić information content (AvgIpc) is 2.55. The molecule has 0 aliphatic carbocycles. The van der Waals surface area contributed by atoms with Gasteiger partial charge < -0.3 is 4.90 Å². The largest absolute Gasteiger partial charge is 0.337 e. The second kappa shape index (κ2) is 5.87. The van der Waals surface area contributed by atoms with Crippen molar-refractivity contribution in [1.82, 2.24) is 4.90 Å². The molecule has 15 heavy (non-hydrogen) atoms. The van der Waals surface area contributed by atoms with Crippen LogP contribution >= 0.6 is 38.9 Å². The maximum absolute atomic E-state index is 12.0. The van der Waals surface area contributed by atoms with Crippen LogP contribution < -0.4 is 0 Å². The Morgan fingerprint density at radius 2 is 2.33 bits per heavy atom. The molecule has 0 radical (unpaired) electrons. The summed E-state index contributed by atoms with van der Waals surface area (Å²) < 4.78 is 0. The number of aryl methyl sites for hydroxylation is 1. The van der Waals surface area contributed by atoms with Crippen molar-refractivity contribution in [3.8, 4) is 0 Å². The number of halogens is 2. The second-order valence-corrected chi connectivity index (χ2v) is 5.19. The summed E-state index contributed by atoms with van der Waals surface area (Å²) in [5.41, 5.74) is 0.972. The highest BCUT2D eigenvalue weighted by Crippen LogP contribution is 2.28. The molecule has 1 rings (SSSR count). The number of nitrogens with zero attached hydrogens (tertiary/aromatic N) is 1. The lowest BCUT2D eigenvalue weighted by molar-refractivity contribution is 0.0780. The van der Waals surface area contributed by atoms with Gasteiger partial charge in [-0.15, -0.1) is 11.3 Å². The molecule has 0 unspecified atom stereocenters. The third-order valence-electron chi connectivity index (χ3n) is 2.12. The molecule has 0 N–H and O–H groups in total. The number of amides is 1. The lowest BCUT2D eigenvalue weighted by Crippen LogP contribution is -2.32. The van der Waals surface area contributed by atoms with Gasteiger partial charge in [-0.3, -0.25) is 4.79 Å². The van der Waals surface area contributed by atoms with E-state index in [-0.39, 0.29) is 5.91 Å². The van der Waals surface area contributed by atoms with Crippen LogP contribution in [0.25, 0.3) is 0 Å². The minimum absolute atomic E-state index is 0.0278. The molecule has 0 aliphatic heterocycles. The smallest absolute Gasteiger partial charge is 0.265 e. The molecular formula is C10H13BrClNOS. The number of hydrogen-bond donors (Lipinski definition) is 0. The van der Waals surface area contributed by atoms with Crippen LogP contribution in [0.1, 0.15) is 22.2 Å². The van der Waals surface area contributed by atoms with Gasteiger partial charge in [0.2, 0.25) is 0 Å². The highest BCUT2D eigenvalue weighted by molar-refractivity contribution is 9.09. The SMILES string of the molecule is CCN(CCBr)C(=O)c1scc(C)c1Cl. The van der Waals surface area contributed by atoms with E-state index in [1.165, 1.54) is 11.3 Å². The Hall–Kier alpha value is -0.0600. The van der Waals surface area contributed by atoms with Crippen LogP contribution in [0.15, 0.2) is 5.38 Å². The van der Waals surface area contributed by atoms with Gasteiger partial charge in [0, 0.05) is 18.4 Å². The molecule has 0 aromatic carbocycles. The van der Waals surface area contributed by atoms with E-state index >= 15 is 0 Å². The van der Waals surface area contributed by atoms with Crippen LogP contribution in [0.3, 0.4) is 0 Å². The van der Waals surface area contributed by atoms with Gasteiger partial charge in [0.05, 0.1) is 5.02 Å². The summed E-state index contributed by atoms with van der Waals surface area (Å²) in [4.78, 5) is 14.5. The fraction of sp³-hybridized carbons (Fsp3) is 0.500. The van der Waals surface area contributed by atoms with Gasteiger partial charge in [0.1, 0.15) is 4.88 Å². The highest BCUT2D eigenvalue weighted by atomic mass is 79.9. The topological polar surface area (TPSA) is 20.3 Å². The van der Waals surface area contributed by atoms with E-state index in [0.29, 0.717) is 23.0 Å². The van der Waals surface area contributed by atoms with E-state index in [4.69, 9.17) is 11.6 Å². The van der Waals surface area contributed by atoms with Gasteiger partial charge >= 0.3 is 0 Å². The number of thiophene rings is 1. The number of hydrogen-bond acceptors (Lipinski definition) is 2. The van der Waals surface area contributed by atoms with Crippen molar-refractivity contribution >= 4 is 44.8 Å². The van der Waals surface area contributed by atoms with Crippen molar-refractivity contribution in [3.63, 3.8) is 0 Å². The zero-order valence-corrected chi connectivity index (χ0v) is 11.9. The minimum Gasteiger partial charge on any atom is -0.337 e. The predicted molar refractivity (Wildman–Crippen MR) is 69.4 cm³/mol. The lowest BCUT2D eigenvalue weighted by Gasteiger charge is -2.18. The Balaban J connectivity index is 2.87. The van der Waals surface area contributed by atoms with Crippen LogP contribution in [0, 0.1) is 6.92 Å². The second-order valence-electron chi connectivity index (χ2n) is 3.14. The molecule has 0 bridgehead atoms. The molecule has 0 atom stereocenters. The predicted octanol–water partition coefficient (Wildman–Crippen LogP) is 3.57. The molecule has 1 aromatic rings. The summed E-state index contributed by atoms with van der Waals surface area (Å²) in [6.07, 6.45) is 0. The van der Waals surface area contributed by atoms with Crippen molar-refractivity contribution in [2.24, 2.45) is 0 Å². The van der Waals surface area contributed by atoms with E-state index in [2.05, 4.69) is 15.9 Å². The molecule has 0 saturated heterocycles. The van der Waals surface area contributed by atoms with Gasteiger partial charge in [-0.05, 0) is 24.8 Å². The molecule has 0 spiro atoms. The summed E-state index contributed by atoms with van der Waals surface area (Å²) >= 11 is 10.8. The van der Waals surface area contributed by atoms with E-state index in [1.54, 1.807) is 4.90 Å². The molecule has 0 saturated carbocycles. The third kappa shape index (κ3) is 2.95. The summed E-state index contributed by atoms with van der Waals surface area (Å²) in [7, 11) is 0. The maximum Gasteiger partial charge on any atom is 0.265 e.